The summed E-state index contributed by atoms with van der Waals surface area (Å²) in [5.41, 5.74) is 3.01. The predicted octanol–water partition coefficient (Wildman–Crippen LogP) is 4.37. The lowest BCUT2D eigenvalue weighted by Crippen LogP contribution is -2.28. The Hall–Kier alpha value is -0.910. The van der Waals surface area contributed by atoms with Gasteiger partial charge in [0.25, 0.3) is 0 Å². The fourth-order valence-corrected chi connectivity index (χ4v) is 4.46. The maximum absolute atomic E-state index is 13.0. The molecule has 0 fully saturated rings. The Kier molecular flexibility index (Phi) is 7.90. The Morgan fingerprint density at radius 2 is 1.46 bits per heavy atom. The molecule has 0 heterocycles. The minimum Gasteiger partial charge on any atom is -0.385 e. The molecule has 0 unspecified atom stereocenters. The van der Waals surface area contributed by atoms with Crippen molar-refractivity contribution in [2.75, 3.05) is 20.3 Å². The average Bonchev–Trinajstić information content (AvgIpc) is 2.50. The van der Waals surface area contributed by atoms with Crippen molar-refractivity contribution >= 4 is 10.0 Å². The van der Waals surface area contributed by atoms with Crippen molar-refractivity contribution in [3.05, 3.63) is 28.8 Å². The Labute approximate surface area is 148 Å². The highest BCUT2D eigenvalue weighted by Gasteiger charge is 2.26. The van der Waals surface area contributed by atoms with Gasteiger partial charge in [-0.2, -0.15) is 0 Å². The van der Waals surface area contributed by atoms with E-state index < -0.39 is 10.0 Å². The molecule has 0 radical (unpaired) electrons. The fraction of sp³-hybridized carbons (Fsp3) is 0.684. The molecule has 0 amide bonds. The minimum atomic E-state index is -3.54. The first-order valence-electron chi connectivity index (χ1n) is 8.78. The van der Waals surface area contributed by atoms with Gasteiger partial charge in [0.1, 0.15) is 0 Å². The van der Waals surface area contributed by atoms with Gasteiger partial charge in [-0.15, -0.1) is 0 Å². The van der Waals surface area contributed by atoms with Gasteiger partial charge in [0.05, 0.1) is 4.90 Å². The van der Waals surface area contributed by atoms with Gasteiger partial charge in [-0.05, 0) is 40.9 Å². The Balaban J connectivity index is 3.43. The van der Waals surface area contributed by atoms with E-state index in [0.717, 1.165) is 11.1 Å². The Bertz CT molecular complexity index is 605. The number of rotatable bonds is 9. The molecule has 0 spiro atoms. The molecule has 0 aliphatic rings. The first-order chi connectivity index (χ1) is 11.1. The summed E-state index contributed by atoms with van der Waals surface area (Å²) in [5.74, 6) is 0.657. The van der Waals surface area contributed by atoms with Crippen LogP contribution in [0.2, 0.25) is 0 Å². The Morgan fingerprint density at radius 1 is 0.958 bits per heavy atom. The molecule has 0 saturated carbocycles. The second-order valence-corrected chi connectivity index (χ2v) is 8.94. The molecule has 1 aromatic carbocycles. The summed E-state index contributed by atoms with van der Waals surface area (Å²) < 4.78 is 33.7. The topological polar surface area (TPSA) is 55.4 Å². The average molecular weight is 356 g/mol. The lowest BCUT2D eigenvalue weighted by molar-refractivity contribution is 0.196. The summed E-state index contributed by atoms with van der Waals surface area (Å²) in [6.45, 7) is 13.4. The molecule has 1 rings (SSSR count). The maximum Gasteiger partial charge on any atom is 0.241 e. The van der Waals surface area contributed by atoms with E-state index in [1.54, 1.807) is 7.11 Å². The first kappa shape index (κ1) is 21.1. The van der Waals surface area contributed by atoms with Crippen LogP contribution >= 0.6 is 0 Å². The monoisotopic (exact) mass is 355 g/mol. The maximum atomic E-state index is 13.0. The van der Waals surface area contributed by atoms with Crippen LogP contribution < -0.4 is 4.72 Å². The van der Waals surface area contributed by atoms with E-state index in [9.17, 15) is 8.42 Å². The zero-order valence-electron chi connectivity index (χ0n) is 16.1. The van der Waals surface area contributed by atoms with Crippen molar-refractivity contribution in [2.45, 2.75) is 70.6 Å². The van der Waals surface area contributed by atoms with Gasteiger partial charge >= 0.3 is 0 Å². The summed E-state index contributed by atoms with van der Waals surface area (Å²) >= 11 is 0. The van der Waals surface area contributed by atoms with Crippen molar-refractivity contribution in [1.29, 1.82) is 0 Å². The van der Waals surface area contributed by atoms with Gasteiger partial charge in [0.2, 0.25) is 10.0 Å². The molecule has 4 nitrogen and oxygen atoms in total. The molecule has 1 aromatic rings. The highest BCUT2D eigenvalue weighted by Crippen LogP contribution is 2.34. The largest absolute Gasteiger partial charge is 0.385 e. The van der Waals surface area contributed by atoms with Gasteiger partial charge in [-0.1, -0.05) is 53.7 Å². The number of hydrogen-bond acceptors (Lipinski definition) is 3. The molecule has 5 heteroatoms. The lowest BCUT2D eigenvalue weighted by Gasteiger charge is -2.23. The van der Waals surface area contributed by atoms with Gasteiger partial charge in [0.15, 0.2) is 0 Å². The second kappa shape index (κ2) is 8.97. The number of hydrogen-bond donors (Lipinski definition) is 1. The van der Waals surface area contributed by atoms with Crippen LogP contribution in [0.25, 0.3) is 0 Å². The highest BCUT2D eigenvalue weighted by molar-refractivity contribution is 7.89. The SMILES string of the molecule is COCCCNS(=O)(=O)c1c(C(C)C)cc(C(C)C)cc1C(C)C. The Morgan fingerprint density at radius 3 is 1.83 bits per heavy atom. The van der Waals surface area contributed by atoms with Crippen LogP contribution in [0.5, 0.6) is 0 Å². The summed E-state index contributed by atoms with van der Waals surface area (Å²) in [6.07, 6.45) is 0.661. The third-order valence-electron chi connectivity index (χ3n) is 4.17. The van der Waals surface area contributed by atoms with Gasteiger partial charge in [-0.25, -0.2) is 13.1 Å². The van der Waals surface area contributed by atoms with Crippen LogP contribution in [0.3, 0.4) is 0 Å². The number of methoxy groups -OCH3 is 1. The summed E-state index contributed by atoms with van der Waals surface area (Å²) in [4.78, 5) is 0.467. The number of nitrogens with one attached hydrogen (secondary N) is 1. The van der Waals surface area contributed by atoms with E-state index in [4.69, 9.17) is 4.74 Å². The second-order valence-electron chi connectivity index (χ2n) is 7.24. The molecule has 0 aliphatic carbocycles. The van der Waals surface area contributed by atoms with E-state index in [1.807, 2.05) is 27.7 Å². The van der Waals surface area contributed by atoms with Crippen molar-refractivity contribution < 1.29 is 13.2 Å². The fourth-order valence-electron chi connectivity index (χ4n) is 2.70. The first-order valence-corrected chi connectivity index (χ1v) is 10.3. The molecule has 138 valence electrons. The number of benzene rings is 1. The van der Waals surface area contributed by atoms with Crippen LogP contribution in [0.15, 0.2) is 17.0 Å². The highest BCUT2D eigenvalue weighted by atomic mass is 32.2. The van der Waals surface area contributed by atoms with Crippen molar-refractivity contribution in [1.82, 2.24) is 4.72 Å². The molecular weight excluding hydrogens is 322 g/mol. The van der Waals surface area contributed by atoms with Crippen LogP contribution in [-0.4, -0.2) is 28.7 Å². The van der Waals surface area contributed by atoms with E-state index >= 15 is 0 Å². The van der Waals surface area contributed by atoms with Crippen molar-refractivity contribution in [2.24, 2.45) is 0 Å². The number of ether oxygens (including phenoxy) is 1. The van der Waals surface area contributed by atoms with Crippen LogP contribution in [-0.2, 0) is 14.8 Å². The van der Waals surface area contributed by atoms with Gasteiger partial charge in [-0.3, -0.25) is 0 Å². The van der Waals surface area contributed by atoms with E-state index in [2.05, 4.69) is 30.7 Å². The summed E-state index contributed by atoms with van der Waals surface area (Å²) in [5, 5.41) is 0. The van der Waals surface area contributed by atoms with Crippen LogP contribution in [0.4, 0.5) is 0 Å². The van der Waals surface area contributed by atoms with Crippen molar-refractivity contribution in [3.63, 3.8) is 0 Å². The van der Waals surface area contributed by atoms with Crippen LogP contribution in [0.1, 0.15) is 82.4 Å². The van der Waals surface area contributed by atoms with Crippen LogP contribution in [0, 0.1) is 0 Å². The van der Waals surface area contributed by atoms with E-state index in [1.165, 1.54) is 5.56 Å². The molecule has 0 aromatic heterocycles. The zero-order valence-corrected chi connectivity index (χ0v) is 17.0. The normalized spacial score (nSPS) is 12.6. The molecule has 24 heavy (non-hydrogen) atoms. The van der Waals surface area contributed by atoms with E-state index in [0.29, 0.717) is 30.4 Å². The molecule has 0 atom stereocenters. The van der Waals surface area contributed by atoms with Gasteiger partial charge < -0.3 is 4.74 Å². The standard InChI is InChI=1S/C19H33NO3S/c1-13(2)16-11-17(14(3)4)19(18(12-16)15(5)6)24(21,22)20-9-8-10-23-7/h11-15,20H,8-10H2,1-7H3. The molecule has 0 aliphatic heterocycles. The molecular formula is C19H33NO3S. The predicted molar refractivity (Wildman–Crippen MR) is 100 cm³/mol. The van der Waals surface area contributed by atoms with Crippen molar-refractivity contribution in [3.8, 4) is 0 Å². The molecule has 0 saturated heterocycles. The molecule has 1 N–H and O–H groups in total. The minimum absolute atomic E-state index is 0.145. The third kappa shape index (κ3) is 5.30. The third-order valence-corrected chi connectivity index (χ3v) is 5.76. The van der Waals surface area contributed by atoms with Gasteiger partial charge in [0, 0.05) is 20.3 Å². The smallest absolute Gasteiger partial charge is 0.241 e. The zero-order chi connectivity index (χ0) is 18.5. The lowest BCUT2D eigenvalue weighted by atomic mass is 9.89. The summed E-state index contributed by atoms with van der Waals surface area (Å²) in [6, 6.07) is 4.12. The summed E-state index contributed by atoms with van der Waals surface area (Å²) in [7, 11) is -1.92. The quantitative estimate of drug-likeness (QED) is 0.669. The molecule has 0 bridgehead atoms. The number of sulfonamides is 1. The van der Waals surface area contributed by atoms with E-state index in [-0.39, 0.29) is 11.8 Å².